The van der Waals surface area contributed by atoms with Crippen LogP contribution in [0.25, 0.3) is 0 Å². The van der Waals surface area contributed by atoms with E-state index in [2.05, 4.69) is 11.8 Å². The molecule has 1 heterocycles. The number of hydrogen-bond acceptors (Lipinski definition) is 3. The van der Waals surface area contributed by atoms with Crippen LogP contribution in [0, 0.1) is 18.8 Å². The summed E-state index contributed by atoms with van der Waals surface area (Å²) in [6.07, 6.45) is 0.412. The molecular formula is C17H21NO3. The third-order valence-corrected chi connectivity index (χ3v) is 3.49. The molecule has 0 aliphatic carbocycles. The van der Waals surface area contributed by atoms with Crippen LogP contribution in [0.4, 0.5) is 0 Å². The van der Waals surface area contributed by atoms with Gasteiger partial charge in [0.25, 0.3) is 5.91 Å². The maximum atomic E-state index is 12.8. The van der Waals surface area contributed by atoms with Crippen LogP contribution in [-0.2, 0) is 4.74 Å². The van der Waals surface area contributed by atoms with E-state index < -0.39 is 0 Å². The van der Waals surface area contributed by atoms with E-state index in [-0.39, 0.29) is 18.6 Å². The molecule has 1 saturated heterocycles. The first-order valence-electron chi connectivity index (χ1n) is 7.22. The van der Waals surface area contributed by atoms with E-state index in [9.17, 15) is 4.79 Å². The number of aliphatic hydroxyl groups is 1. The van der Waals surface area contributed by atoms with Crippen molar-refractivity contribution in [2.24, 2.45) is 0 Å². The molecule has 1 fully saturated rings. The van der Waals surface area contributed by atoms with Crippen LogP contribution in [0.15, 0.2) is 18.2 Å². The Morgan fingerprint density at radius 3 is 3.05 bits per heavy atom. The fraction of sp³-hybridized carbons (Fsp3) is 0.471. The number of benzene rings is 1. The second-order valence-electron chi connectivity index (χ2n) is 5.25. The van der Waals surface area contributed by atoms with Crippen molar-refractivity contribution in [2.75, 3.05) is 26.4 Å². The van der Waals surface area contributed by atoms with Crippen molar-refractivity contribution in [3.63, 3.8) is 0 Å². The minimum Gasteiger partial charge on any atom is -0.395 e. The number of carbonyl (C=O) groups excluding carboxylic acids is 1. The maximum Gasteiger partial charge on any atom is 0.255 e. The summed E-state index contributed by atoms with van der Waals surface area (Å²) in [6.45, 7) is 5.74. The van der Waals surface area contributed by atoms with Crippen molar-refractivity contribution in [2.45, 2.75) is 26.3 Å². The largest absolute Gasteiger partial charge is 0.395 e. The first kappa shape index (κ1) is 15.6. The Morgan fingerprint density at radius 1 is 1.52 bits per heavy atom. The minimum absolute atomic E-state index is 0.00259. The number of carbonyl (C=O) groups is 1. The second-order valence-corrected chi connectivity index (χ2v) is 5.25. The zero-order valence-corrected chi connectivity index (χ0v) is 12.6. The van der Waals surface area contributed by atoms with Crippen LogP contribution in [0.5, 0.6) is 0 Å². The van der Waals surface area contributed by atoms with Crippen molar-refractivity contribution in [1.82, 2.24) is 4.90 Å². The molecule has 1 atom stereocenters. The molecule has 1 N–H and O–H groups in total. The maximum absolute atomic E-state index is 12.8. The molecule has 0 aromatic heterocycles. The van der Waals surface area contributed by atoms with Crippen molar-refractivity contribution in [3.8, 4) is 11.8 Å². The highest BCUT2D eigenvalue weighted by atomic mass is 16.5. The number of hydrogen-bond donors (Lipinski definition) is 1. The molecular weight excluding hydrogens is 266 g/mol. The molecule has 0 saturated carbocycles. The number of rotatable bonds is 2. The average molecular weight is 287 g/mol. The molecule has 4 heteroatoms. The Bertz CT molecular complexity index is 571. The van der Waals surface area contributed by atoms with Gasteiger partial charge in [0.2, 0.25) is 0 Å². The summed E-state index contributed by atoms with van der Waals surface area (Å²) in [7, 11) is 0. The van der Waals surface area contributed by atoms with Gasteiger partial charge in [-0.05, 0) is 26.0 Å². The van der Waals surface area contributed by atoms with Gasteiger partial charge in [-0.25, -0.2) is 0 Å². The third-order valence-electron chi connectivity index (χ3n) is 3.49. The topological polar surface area (TPSA) is 49.8 Å². The van der Waals surface area contributed by atoms with E-state index in [0.29, 0.717) is 31.7 Å². The summed E-state index contributed by atoms with van der Waals surface area (Å²) < 4.78 is 5.38. The number of amides is 1. The van der Waals surface area contributed by atoms with Gasteiger partial charge in [-0.15, -0.1) is 0 Å². The molecule has 4 nitrogen and oxygen atoms in total. The van der Waals surface area contributed by atoms with Crippen molar-refractivity contribution in [1.29, 1.82) is 0 Å². The highest BCUT2D eigenvalue weighted by Gasteiger charge is 2.26. The summed E-state index contributed by atoms with van der Waals surface area (Å²) in [5.41, 5.74) is 2.39. The highest BCUT2D eigenvalue weighted by molar-refractivity contribution is 5.97. The van der Waals surface area contributed by atoms with Crippen molar-refractivity contribution >= 4 is 5.91 Å². The summed E-state index contributed by atoms with van der Waals surface area (Å²) in [6, 6.07) is 5.78. The van der Waals surface area contributed by atoms with Crippen LogP contribution in [0.2, 0.25) is 0 Å². The van der Waals surface area contributed by atoms with Gasteiger partial charge in [-0.2, -0.15) is 0 Å². The number of morpholine rings is 1. The monoisotopic (exact) mass is 287 g/mol. The molecule has 1 amide bonds. The Labute approximate surface area is 125 Å². The summed E-state index contributed by atoms with van der Waals surface area (Å²) in [4.78, 5) is 14.6. The SMILES string of the molecule is Cc1ccc(C#CCCO)c(C(=O)N2CCOCC2C)c1. The van der Waals surface area contributed by atoms with Gasteiger partial charge in [-0.3, -0.25) is 4.79 Å². The summed E-state index contributed by atoms with van der Waals surface area (Å²) >= 11 is 0. The highest BCUT2D eigenvalue weighted by Crippen LogP contribution is 2.17. The van der Waals surface area contributed by atoms with Gasteiger partial charge in [0.15, 0.2) is 0 Å². The zero-order chi connectivity index (χ0) is 15.2. The fourth-order valence-corrected chi connectivity index (χ4v) is 2.34. The zero-order valence-electron chi connectivity index (χ0n) is 12.6. The van der Waals surface area contributed by atoms with Crippen LogP contribution in [0.3, 0.4) is 0 Å². The van der Waals surface area contributed by atoms with Crippen LogP contribution >= 0.6 is 0 Å². The normalized spacial score (nSPS) is 18.0. The van der Waals surface area contributed by atoms with Crippen molar-refractivity contribution in [3.05, 3.63) is 34.9 Å². The number of ether oxygens (including phenoxy) is 1. The fourth-order valence-electron chi connectivity index (χ4n) is 2.34. The molecule has 21 heavy (non-hydrogen) atoms. The number of aryl methyl sites for hydroxylation is 1. The molecule has 1 aromatic rings. The van der Waals surface area contributed by atoms with Crippen molar-refractivity contribution < 1.29 is 14.6 Å². The van der Waals surface area contributed by atoms with Crippen LogP contribution in [-0.4, -0.2) is 48.3 Å². The van der Waals surface area contributed by atoms with Gasteiger partial charge in [0.1, 0.15) is 0 Å². The van der Waals surface area contributed by atoms with E-state index >= 15 is 0 Å². The molecule has 1 aliphatic heterocycles. The molecule has 1 aromatic carbocycles. The van der Waals surface area contributed by atoms with E-state index in [0.717, 1.165) is 11.1 Å². The van der Waals surface area contributed by atoms with E-state index in [1.807, 2.05) is 36.9 Å². The molecule has 0 spiro atoms. The van der Waals surface area contributed by atoms with Gasteiger partial charge in [0, 0.05) is 18.5 Å². The molecule has 0 radical (unpaired) electrons. The minimum atomic E-state index is 0.00259. The van der Waals surface area contributed by atoms with Gasteiger partial charge < -0.3 is 14.7 Å². The predicted molar refractivity (Wildman–Crippen MR) is 81.1 cm³/mol. The average Bonchev–Trinajstić information content (AvgIpc) is 2.49. The van der Waals surface area contributed by atoms with E-state index in [1.54, 1.807) is 0 Å². The van der Waals surface area contributed by atoms with Gasteiger partial charge >= 0.3 is 0 Å². The lowest BCUT2D eigenvalue weighted by Gasteiger charge is -2.33. The van der Waals surface area contributed by atoms with Gasteiger partial charge in [0.05, 0.1) is 31.4 Å². The molecule has 1 unspecified atom stereocenters. The summed E-state index contributed by atoms with van der Waals surface area (Å²) in [5.74, 6) is 5.87. The Hall–Kier alpha value is -1.83. The Morgan fingerprint density at radius 2 is 2.33 bits per heavy atom. The Balaban J connectivity index is 2.30. The lowest BCUT2D eigenvalue weighted by molar-refractivity contribution is 0.00357. The first-order chi connectivity index (χ1) is 10.1. The number of nitrogens with zero attached hydrogens (tertiary/aromatic N) is 1. The molecule has 2 rings (SSSR count). The smallest absolute Gasteiger partial charge is 0.255 e. The van der Waals surface area contributed by atoms with Gasteiger partial charge in [-0.1, -0.05) is 23.5 Å². The molecule has 1 aliphatic rings. The second kappa shape index (κ2) is 7.26. The lowest BCUT2D eigenvalue weighted by atomic mass is 10.0. The number of aliphatic hydroxyl groups excluding tert-OH is 1. The quantitative estimate of drug-likeness (QED) is 0.840. The lowest BCUT2D eigenvalue weighted by Crippen LogP contribution is -2.47. The standard InChI is InChI=1S/C17H21NO3/c1-13-6-7-15(5-3-4-9-19)16(11-13)17(20)18-8-10-21-12-14(18)2/h6-7,11,14,19H,4,8-10,12H2,1-2H3. The van der Waals surface area contributed by atoms with Crippen LogP contribution in [0.1, 0.15) is 34.8 Å². The third kappa shape index (κ3) is 3.84. The van der Waals surface area contributed by atoms with E-state index in [1.165, 1.54) is 0 Å². The molecule has 112 valence electrons. The van der Waals surface area contributed by atoms with E-state index in [4.69, 9.17) is 9.84 Å². The Kier molecular flexibility index (Phi) is 5.38. The molecule has 0 bridgehead atoms. The predicted octanol–water partition coefficient (Wildman–Crippen LogP) is 1.59. The first-order valence-corrected chi connectivity index (χ1v) is 7.22. The summed E-state index contributed by atoms with van der Waals surface area (Å²) in [5, 5.41) is 8.81. The van der Waals surface area contributed by atoms with Crippen LogP contribution < -0.4 is 0 Å².